The predicted octanol–water partition coefficient (Wildman–Crippen LogP) is 0.950. The Morgan fingerprint density at radius 1 is 1.15 bits per heavy atom. The largest absolute Gasteiger partial charge is 0.545 e. The van der Waals surface area contributed by atoms with Crippen molar-refractivity contribution < 1.29 is 24.4 Å². The number of anilines is 2. The Labute approximate surface area is 153 Å². The molecule has 0 radical (unpaired) electrons. The Kier molecular flexibility index (Phi) is 4.84. The van der Waals surface area contributed by atoms with E-state index < -0.39 is 22.7 Å². The van der Waals surface area contributed by atoms with Crippen LogP contribution in [0.15, 0.2) is 48.5 Å². The molecule has 9 heteroatoms. The van der Waals surface area contributed by atoms with Crippen molar-refractivity contribution in [2.75, 3.05) is 16.8 Å². The third-order valence-electron chi connectivity index (χ3n) is 4.23. The minimum atomic E-state index is -1.36. The van der Waals surface area contributed by atoms with Gasteiger partial charge in [0.1, 0.15) is 0 Å². The molecule has 0 unspecified atom stereocenters. The number of carbonyl (C=O) groups excluding carboxylic acids is 3. The van der Waals surface area contributed by atoms with Gasteiger partial charge in [0.15, 0.2) is 0 Å². The van der Waals surface area contributed by atoms with E-state index in [9.17, 15) is 29.6 Å². The summed E-state index contributed by atoms with van der Waals surface area (Å²) in [6.45, 7) is 0.128. The molecule has 1 aliphatic rings. The van der Waals surface area contributed by atoms with Crippen LogP contribution in [0.5, 0.6) is 0 Å². The van der Waals surface area contributed by atoms with Gasteiger partial charge >= 0.3 is 0 Å². The number of carbonyl (C=O) groups is 3. The van der Waals surface area contributed by atoms with Crippen molar-refractivity contribution >= 4 is 34.8 Å². The van der Waals surface area contributed by atoms with E-state index in [1.54, 1.807) is 0 Å². The quantitative estimate of drug-likeness (QED) is 0.617. The lowest BCUT2D eigenvalue weighted by Crippen LogP contribution is -2.28. The molecule has 1 fully saturated rings. The number of carboxylic acids is 1. The van der Waals surface area contributed by atoms with Crippen molar-refractivity contribution in [2.45, 2.75) is 6.42 Å². The molecule has 0 spiro atoms. The topological polar surface area (TPSA) is 133 Å². The van der Waals surface area contributed by atoms with Crippen LogP contribution in [-0.2, 0) is 9.59 Å². The highest BCUT2D eigenvalue weighted by atomic mass is 16.6. The van der Waals surface area contributed by atoms with E-state index in [1.807, 2.05) is 0 Å². The number of hydrogen-bond acceptors (Lipinski definition) is 6. The average molecular weight is 368 g/mol. The second kappa shape index (κ2) is 7.24. The van der Waals surface area contributed by atoms with Gasteiger partial charge in [-0.15, -0.1) is 0 Å². The second-order valence-corrected chi connectivity index (χ2v) is 6.04. The van der Waals surface area contributed by atoms with Gasteiger partial charge in [-0.25, -0.2) is 0 Å². The first-order valence-corrected chi connectivity index (χ1v) is 8.02. The van der Waals surface area contributed by atoms with E-state index in [0.29, 0.717) is 11.4 Å². The molecule has 0 bridgehead atoms. The third kappa shape index (κ3) is 3.92. The monoisotopic (exact) mass is 368 g/mol. The molecule has 1 saturated heterocycles. The lowest BCUT2D eigenvalue weighted by atomic mass is 10.1. The van der Waals surface area contributed by atoms with Crippen LogP contribution in [0.2, 0.25) is 0 Å². The summed E-state index contributed by atoms with van der Waals surface area (Å²) in [5.41, 5.74) is 0.609. The zero-order valence-corrected chi connectivity index (χ0v) is 14.0. The van der Waals surface area contributed by atoms with E-state index in [4.69, 9.17) is 0 Å². The first-order valence-electron chi connectivity index (χ1n) is 8.02. The smallest absolute Gasteiger partial charge is 0.269 e. The summed E-state index contributed by atoms with van der Waals surface area (Å²) in [5.74, 6) is -2.67. The number of nitro benzene ring substituents is 1. The molecule has 9 nitrogen and oxygen atoms in total. The lowest BCUT2D eigenvalue weighted by molar-refractivity contribution is -0.384. The molecule has 1 atom stereocenters. The maximum atomic E-state index is 12.4. The van der Waals surface area contributed by atoms with E-state index in [1.165, 1.54) is 53.4 Å². The average Bonchev–Trinajstić information content (AvgIpc) is 3.04. The predicted molar refractivity (Wildman–Crippen MR) is 93.0 cm³/mol. The fourth-order valence-corrected chi connectivity index (χ4v) is 2.86. The summed E-state index contributed by atoms with van der Waals surface area (Å²) in [6, 6.07) is 11.1. The summed E-state index contributed by atoms with van der Waals surface area (Å²) in [4.78, 5) is 47.1. The minimum absolute atomic E-state index is 0.0109. The third-order valence-corrected chi connectivity index (χ3v) is 4.23. The van der Waals surface area contributed by atoms with E-state index in [0.717, 1.165) is 0 Å². The molecule has 27 heavy (non-hydrogen) atoms. The van der Waals surface area contributed by atoms with Gasteiger partial charge in [0.2, 0.25) is 11.8 Å². The van der Waals surface area contributed by atoms with Gasteiger partial charge in [0.05, 0.1) is 16.8 Å². The maximum absolute atomic E-state index is 12.4. The van der Waals surface area contributed by atoms with Crippen LogP contribution in [0.3, 0.4) is 0 Å². The number of benzene rings is 2. The Balaban J connectivity index is 1.69. The number of rotatable bonds is 5. The molecule has 2 aromatic carbocycles. The van der Waals surface area contributed by atoms with Crippen molar-refractivity contribution in [3.63, 3.8) is 0 Å². The highest BCUT2D eigenvalue weighted by Crippen LogP contribution is 2.27. The number of nitro groups is 1. The Bertz CT molecular complexity index is 925. The molecule has 0 aromatic heterocycles. The van der Waals surface area contributed by atoms with Crippen LogP contribution < -0.4 is 15.3 Å². The van der Waals surface area contributed by atoms with Crippen LogP contribution in [0.25, 0.3) is 0 Å². The summed E-state index contributed by atoms with van der Waals surface area (Å²) < 4.78 is 0. The SMILES string of the molecule is O=C([O-])c1cccc(NC(=O)[C@H]2CC(=O)N(c3ccc([N+](=O)[O-])cc3)C2)c1. The molecule has 0 aliphatic carbocycles. The van der Waals surface area contributed by atoms with Crippen molar-refractivity contribution in [1.82, 2.24) is 0 Å². The summed E-state index contributed by atoms with van der Waals surface area (Å²) in [5, 5.41) is 24.2. The van der Waals surface area contributed by atoms with Gasteiger partial charge < -0.3 is 20.1 Å². The number of nitrogens with zero attached hydrogens (tertiary/aromatic N) is 2. The number of carboxylic acid groups (broad SMARTS) is 1. The van der Waals surface area contributed by atoms with Crippen molar-refractivity contribution in [3.05, 3.63) is 64.2 Å². The molecule has 0 saturated carbocycles. The van der Waals surface area contributed by atoms with Crippen LogP contribution in [0.1, 0.15) is 16.8 Å². The van der Waals surface area contributed by atoms with Gasteiger partial charge in [0, 0.05) is 36.5 Å². The van der Waals surface area contributed by atoms with E-state index in [-0.39, 0.29) is 30.1 Å². The first-order chi connectivity index (χ1) is 12.8. The first kappa shape index (κ1) is 18.1. The maximum Gasteiger partial charge on any atom is 0.269 e. The van der Waals surface area contributed by atoms with Gasteiger partial charge in [-0.3, -0.25) is 19.7 Å². The number of amides is 2. The summed E-state index contributed by atoms with van der Waals surface area (Å²) in [6.07, 6.45) is -0.0109. The van der Waals surface area contributed by atoms with Crippen LogP contribution in [0, 0.1) is 16.0 Å². The molecular weight excluding hydrogens is 354 g/mol. The molecule has 2 aromatic rings. The molecule has 1 aliphatic heterocycles. The fraction of sp³-hybridized carbons (Fsp3) is 0.167. The summed E-state index contributed by atoms with van der Waals surface area (Å²) >= 11 is 0. The van der Waals surface area contributed by atoms with Crippen LogP contribution >= 0.6 is 0 Å². The van der Waals surface area contributed by atoms with Crippen LogP contribution in [0.4, 0.5) is 17.1 Å². The Morgan fingerprint density at radius 3 is 2.48 bits per heavy atom. The number of nitrogens with one attached hydrogen (secondary N) is 1. The van der Waals surface area contributed by atoms with E-state index >= 15 is 0 Å². The van der Waals surface area contributed by atoms with Gasteiger partial charge in [-0.05, 0) is 29.8 Å². The zero-order valence-electron chi connectivity index (χ0n) is 14.0. The van der Waals surface area contributed by atoms with Crippen LogP contribution in [-0.4, -0.2) is 29.3 Å². The number of aromatic carboxylic acids is 1. The van der Waals surface area contributed by atoms with Crippen molar-refractivity contribution in [1.29, 1.82) is 0 Å². The van der Waals surface area contributed by atoms with Crippen molar-refractivity contribution in [3.8, 4) is 0 Å². The Morgan fingerprint density at radius 2 is 1.85 bits per heavy atom. The number of hydrogen-bond donors (Lipinski definition) is 1. The highest BCUT2D eigenvalue weighted by molar-refractivity contribution is 6.03. The fourth-order valence-electron chi connectivity index (χ4n) is 2.86. The highest BCUT2D eigenvalue weighted by Gasteiger charge is 2.35. The normalized spacial score (nSPS) is 16.2. The molecule has 3 rings (SSSR count). The molecule has 2 amide bonds. The van der Waals surface area contributed by atoms with Gasteiger partial charge in [-0.1, -0.05) is 12.1 Å². The Hall–Kier alpha value is -3.75. The molecular formula is C18H14N3O6-. The lowest BCUT2D eigenvalue weighted by Gasteiger charge is -2.16. The summed E-state index contributed by atoms with van der Waals surface area (Å²) in [7, 11) is 0. The molecule has 138 valence electrons. The van der Waals surface area contributed by atoms with Gasteiger partial charge in [-0.2, -0.15) is 0 Å². The van der Waals surface area contributed by atoms with Crippen molar-refractivity contribution in [2.24, 2.45) is 5.92 Å². The second-order valence-electron chi connectivity index (χ2n) is 6.04. The standard InChI is InChI=1S/C18H15N3O6/c22-16-9-12(10-20(16)14-4-6-15(7-5-14)21(26)27)17(23)19-13-3-1-2-11(8-13)18(24)25/h1-8,12H,9-10H2,(H,19,23)(H,24,25)/p-1/t12-/m0/s1. The minimum Gasteiger partial charge on any atom is -0.545 e. The number of non-ortho nitro benzene ring substituents is 1. The zero-order chi connectivity index (χ0) is 19.6. The van der Waals surface area contributed by atoms with E-state index in [2.05, 4.69) is 5.32 Å². The van der Waals surface area contributed by atoms with Gasteiger partial charge in [0.25, 0.3) is 5.69 Å². The molecule has 1 heterocycles. The molecule has 1 N–H and O–H groups in total.